The fourth-order valence-electron chi connectivity index (χ4n) is 3.56. The molecule has 0 spiro atoms. The van der Waals surface area contributed by atoms with Gasteiger partial charge in [-0.15, -0.1) is 0 Å². The first-order valence-corrected chi connectivity index (χ1v) is 7.73. The quantitative estimate of drug-likeness (QED) is 0.836. The SMILES string of the molecule is CCN1CCC[C@H]1CN1CCCn2nc(C#N)cc2C1. The summed E-state index contributed by atoms with van der Waals surface area (Å²) in [5, 5.41) is 13.3. The van der Waals surface area contributed by atoms with Crippen LogP contribution in [0, 0.1) is 11.3 Å². The van der Waals surface area contributed by atoms with Crippen LogP contribution in [0.15, 0.2) is 6.07 Å². The van der Waals surface area contributed by atoms with Gasteiger partial charge >= 0.3 is 0 Å². The maximum atomic E-state index is 8.97. The summed E-state index contributed by atoms with van der Waals surface area (Å²) in [6, 6.07) is 4.81. The monoisotopic (exact) mass is 273 g/mol. The van der Waals surface area contributed by atoms with Crippen molar-refractivity contribution in [1.29, 1.82) is 5.26 Å². The van der Waals surface area contributed by atoms with Gasteiger partial charge in [-0.2, -0.15) is 10.4 Å². The van der Waals surface area contributed by atoms with Gasteiger partial charge in [0.2, 0.25) is 0 Å². The molecule has 0 radical (unpaired) electrons. The Morgan fingerprint density at radius 1 is 1.35 bits per heavy atom. The molecular weight excluding hydrogens is 250 g/mol. The number of aryl methyl sites for hydroxylation is 1. The third kappa shape index (κ3) is 2.72. The van der Waals surface area contributed by atoms with E-state index in [9.17, 15) is 0 Å². The molecule has 0 amide bonds. The molecule has 0 aromatic carbocycles. The number of nitrogens with zero attached hydrogens (tertiary/aromatic N) is 5. The standard InChI is InChI=1S/C15H23N5/c1-2-19-7-3-5-14(19)11-18-6-4-8-20-15(12-18)9-13(10-16)17-20/h9,14H,2-8,11-12H2,1H3/t14-/m0/s1. The third-order valence-electron chi connectivity index (χ3n) is 4.58. The molecule has 2 aliphatic rings. The van der Waals surface area contributed by atoms with Gasteiger partial charge in [0.05, 0.1) is 5.69 Å². The molecule has 3 heterocycles. The molecule has 0 N–H and O–H groups in total. The van der Waals surface area contributed by atoms with Gasteiger partial charge in [0.25, 0.3) is 0 Å². The summed E-state index contributed by atoms with van der Waals surface area (Å²) in [6.45, 7) is 8.84. The van der Waals surface area contributed by atoms with Crippen molar-refractivity contribution in [2.75, 3.05) is 26.2 Å². The Balaban J connectivity index is 1.67. The second-order valence-corrected chi connectivity index (χ2v) is 5.87. The molecule has 0 saturated carbocycles. The molecular formula is C15H23N5. The zero-order valence-corrected chi connectivity index (χ0v) is 12.3. The molecule has 108 valence electrons. The molecule has 5 heteroatoms. The van der Waals surface area contributed by atoms with Crippen LogP contribution in [0.1, 0.15) is 37.6 Å². The number of likely N-dealkylation sites (N-methyl/N-ethyl adjacent to an activating group) is 1. The van der Waals surface area contributed by atoms with Gasteiger partial charge in [-0.25, -0.2) is 0 Å². The molecule has 0 bridgehead atoms. The zero-order chi connectivity index (χ0) is 13.9. The van der Waals surface area contributed by atoms with E-state index in [1.165, 1.54) is 25.1 Å². The van der Waals surface area contributed by atoms with Crippen molar-refractivity contribution in [3.05, 3.63) is 17.5 Å². The highest BCUT2D eigenvalue weighted by Crippen LogP contribution is 2.20. The number of aromatic nitrogens is 2. The lowest BCUT2D eigenvalue weighted by molar-refractivity contribution is 0.173. The molecule has 0 aliphatic carbocycles. The largest absolute Gasteiger partial charge is 0.299 e. The average molecular weight is 273 g/mol. The lowest BCUT2D eigenvalue weighted by atomic mass is 10.2. The van der Waals surface area contributed by atoms with Crippen LogP contribution in [0.2, 0.25) is 0 Å². The first-order valence-electron chi connectivity index (χ1n) is 7.73. The average Bonchev–Trinajstić information content (AvgIpc) is 3.01. The van der Waals surface area contributed by atoms with Crippen molar-refractivity contribution in [1.82, 2.24) is 19.6 Å². The summed E-state index contributed by atoms with van der Waals surface area (Å²) in [7, 11) is 0. The van der Waals surface area contributed by atoms with E-state index in [4.69, 9.17) is 5.26 Å². The normalized spacial score (nSPS) is 24.3. The smallest absolute Gasteiger partial charge is 0.162 e. The molecule has 1 fully saturated rings. The molecule has 1 atom stereocenters. The second-order valence-electron chi connectivity index (χ2n) is 5.87. The Morgan fingerprint density at radius 2 is 2.25 bits per heavy atom. The summed E-state index contributed by atoms with van der Waals surface area (Å²) in [5.74, 6) is 0. The predicted octanol–water partition coefficient (Wildman–Crippen LogP) is 1.44. The van der Waals surface area contributed by atoms with Crippen LogP contribution < -0.4 is 0 Å². The number of hydrogen-bond acceptors (Lipinski definition) is 4. The minimum Gasteiger partial charge on any atom is -0.299 e. The minimum atomic E-state index is 0.554. The van der Waals surface area contributed by atoms with E-state index in [1.54, 1.807) is 0 Å². The predicted molar refractivity (Wildman–Crippen MR) is 77.1 cm³/mol. The highest BCUT2D eigenvalue weighted by atomic mass is 15.3. The van der Waals surface area contributed by atoms with Crippen LogP contribution >= 0.6 is 0 Å². The van der Waals surface area contributed by atoms with Gasteiger partial charge in [0, 0.05) is 32.2 Å². The molecule has 1 saturated heterocycles. The van der Waals surface area contributed by atoms with Crippen LogP contribution in [-0.4, -0.2) is 51.8 Å². The molecule has 0 unspecified atom stereocenters. The Hall–Kier alpha value is -1.38. The van der Waals surface area contributed by atoms with Crippen molar-refractivity contribution in [2.24, 2.45) is 0 Å². The summed E-state index contributed by atoms with van der Waals surface area (Å²) >= 11 is 0. The number of hydrogen-bond donors (Lipinski definition) is 0. The number of nitriles is 1. The van der Waals surface area contributed by atoms with Gasteiger partial charge in [-0.3, -0.25) is 14.5 Å². The van der Waals surface area contributed by atoms with E-state index in [0.29, 0.717) is 11.7 Å². The minimum absolute atomic E-state index is 0.554. The van der Waals surface area contributed by atoms with Gasteiger partial charge in [0.1, 0.15) is 6.07 Å². The Bertz CT molecular complexity index is 501. The van der Waals surface area contributed by atoms with Gasteiger partial charge in [-0.1, -0.05) is 6.92 Å². The molecule has 20 heavy (non-hydrogen) atoms. The van der Waals surface area contributed by atoms with Crippen LogP contribution in [0.4, 0.5) is 0 Å². The van der Waals surface area contributed by atoms with Crippen molar-refractivity contribution in [3.8, 4) is 6.07 Å². The van der Waals surface area contributed by atoms with E-state index in [0.717, 1.165) is 39.1 Å². The van der Waals surface area contributed by atoms with E-state index in [1.807, 2.05) is 10.7 Å². The number of likely N-dealkylation sites (tertiary alicyclic amines) is 1. The fourth-order valence-corrected chi connectivity index (χ4v) is 3.56. The van der Waals surface area contributed by atoms with Crippen LogP contribution in [-0.2, 0) is 13.1 Å². The van der Waals surface area contributed by atoms with E-state index >= 15 is 0 Å². The maximum absolute atomic E-state index is 8.97. The van der Waals surface area contributed by atoms with E-state index < -0.39 is 0 Å². The summed E-state index contributed by atoms with van der Waals surface area (Å²) in [4.78, 5) is 5.14. The van der Waals surface area contributed by atoms with Crippen molar-refractivity contribution < 1.29 is 0 Å². The summed E-state index contributed by atoms with van der Waals surface area (Å²) < 4.78 is 2.02. The van der Waals surface area contributed by atoms with Crippen molar-refractivity contribution in [2.45, 2.75) is 45.3 Å². The topological polar surface area (TPSA) is 48.1 Å². The van der Waals surface area contributed by atoms with Gasteiger partial charge in [0.15, 0.2) is 5.69 Å². The Kier molecular flexibility index (Phi) is 4.04. The first-order chi connectivity index (χ1) is 9.80. The number of rotatable bonds is 3. The maximum Gasteiger partial charge on any atom is 0.162 e. The van der Waals surface area contributed by atoms with E-state index in [2.05, 4.69) is 27.9 Å². The molecule has 5 nitrogen and oxygen atoms in total. The molecule has 1 aromatic rings. The van der Waals surface area contributed by atoms with Crippen LogP contribution in [0.5, 0.6) is 0 Å². The Labute approximate surface area is 120 Å². The molecule has 2 aliphatic heterocycles. The fraction of sp³-hybridized carbons (Fsp3) is 0.733. The highest BCUT2D eigenvalue weighted by Gasteiger charge is 2.26. The zero-order valence-electron chi connectivity index (χ0n) is 12.3. The first kappa shape index (κ1) is 13.6. The van der Waals surface area contributed by atoms with Gasteiger partial charge < -0.3 is 0 Å². The molecule has 3 rings (SSSR count). The number of fused-ring (bicyclic) bond motifs is 1. The third-order valence-corrected chi connectivity index (χ3v) is 4.58. The van der Waals surface area contributed by atoms with Gasteiger partial charge in [-0.05, 0) is 38.4 Å². The van der Waals surface area contributed by atoms with Crippen molar-refractivity contribution >= 4 is 0 Å². The van der Waals surface area contributed by atoms with Crippen LogP contribution in [0.25, 0.3) is 0 Å². The van der Waals surface area contributed by atoms with E-state index in [-0.39, 0.29) is 0 Å². The van der Waals surface area contributed by atoms with Crippen molar-refractivity contribution in [3.63, 3.8) is 0 Å². The highest BCUT2D eigenvalue weighted by molar-refractivity contribution is 5.22. The lowest BCUT2D eigenvalue weighted by Crippen LogP contribution is -2.40. The van der Waals surface area contributed by atoms with Crippen LogP contribution in [0.3, 0.4) is 0 Å². The molecule has 1 aromatic heterocycles. The Morgan fingerprint density at radius 3 is 3.05 bits per heavy atom. The lowest BCUT2D eigenvalue weighted by Gasteiger charge is -2.29. The summed E-state index contributed by atoms with van der Waals surface area (Å²) in [6.07, 6.45) is 3.79. The second kappa shape index (κ2) is 5.94. The summed E-state index contributed by atoms with van der Waals surface area (Å²) in [5.41, 5.74) is 1.75.